The van der Waals surface area contributed by atoms with Gasteiger partial charge in [0.2, 0.25) is 35.4 Å². The summed E-state index contributed by atoms with van der Waals surface area (Å²) in [7, 11) is 1.55. The molecule has 4 N–H and O–H groups in total. The highest BCUT2D eigenvalue weighted by atomic mass is 32.1. The van der Waals surface area contributed by atoms with Crippen molar-refractivity contribution >= 4 is 52.7 Å². The van der Waals surface area contributed by atoms with Crippen molar-refractivity contribution in [3.63, 3.8) is 0 Å². The maximum Gasteiger partial charge on any atom is 0.271 e. The van der Waals surface area contributed by atoms with Crippen LogP contribution in [-0.2, 0) is 35.2 Å². The van der Waals surface area contributed by atoms with Crippen LogP contribution in [0.2, 0.25) is 0 Å². The third kappa shape index (κ3) is 11.8. The van der Waals surface area contributed by atoms with Crippen molar-refractivity contribution in [1.82, 2.24) is 41.0 Å². The van der Waals surface area contributed by atoms with Gasteiger partial charge in [0.15, 0.2) is 0 Å². The fourth-order valence-corrected chi connectivity index (χ4v) is 7.06. The second-order valence-electron chi connectivity index (χ2n) is 14.1. The van der Waals surface area contributed by atoms with Gasteiger partial charge < -0.3 is 36.0 Å². The van der Waals surface area contributed by atoms with Gasteiger partial charge in [-0.1, -0.05) is 44.2 Å². The Hall–Kier alpha value is -4.86. The number of nitrogens with one attached hydrogen (secondary N) is 4. The second kappa shape index (κ2) is 19.3. The van der Waals surface area contributed by atoms with Crippen LogP contribution in [0.1, 0.15) is 86.9 Å². The van der Waals surface area contributed by atoms with E-state index in [-0.39, 0.29) is 49.5 Å². The third-order valence-electron chi connectivity index (χ3n) is 9.40. The Morgan fingerprint density at radius 2 is 1.64 bits per heavy atom. The van der Waals surface area contributed by atoms with E-state index in [1.54, 1.807) is 31.2 Å². The molecule has 1 aromatic carbocycles. The van der Waals surface area contributed by atoms with Gasteiger partial charge in [-0.2, -0.15) is 0 Å². The Balaban J connectivity index is 1.61. The molecule has 7 amide bonds. The zero-order valence-corrected chi connectivity index (χ0v) is 32.0. The van der Waals surface area contributed by atoms with E-state index < -0.39 is 53.7 Å². The van der Waals surface area contributed by atoms with Crippen molar-refractivity contribution in [3.8, 4) is 0 Å². The van der Waals surface area contributed by atoms with Crippen LogP contribution in [0.5, 0.6) is 0 Å². The van der Waals surface area contributed by atoms with Crippen LogP contribution < -0.4 is 21.3 Å². The molecule has 2 bridgehead atoms. The second-order valence-corrected chi connectivity index (χ2v) is 14.9. The van der Waals surface area contributed by atoms with E-state index in [1.165, 1.54) is 35.0 Å². The lowest BCUT2D eigenvalue weighted by Gasteiger charge is -2.29. The molecule has 2 aliphatic heterocycles. The van der Waals surface area contributed by atoms with E-state index in [2.05, 4.69) is 26.3 Å². The minimum absolute atomic E-state index is 0.0330. The normalized spacial score (nSPS) is 23.2. The fourth-order valence-electron chi connectivity index (χ4n) is 6.21. The van der Waals surface area contributed by atoms with Crippen molar-refractivity contribution in [1.29, 1.82) is 0 Å². The first-order valence-electron chi connectivity index (χ1n) is 18.2. The van der Waals surface area contributed by atoms with E-state index in [0.717, 1.165) is 18.4 Å². The summed E-state index contributed by atoms with van der Waals surface area (Å²) in [6.45, 7) is 7.42. The van der Waals surface area contributed by atoms with E-state index in [9.17, 15) is 33.6 Å². The molecule has 3 heterocycles. The number of likely N-dealkylation sites (tertiary alicyclic amines) is 1. The maximum absolute atomic E-state index is 13.7. The summed E-state index contributed by atoms with van der Waals surface area (Å²) in [4.78, 5) is 102. The Morgan fingerprint density at radius 1 is 0.906 bits per heavy atom. The van der Waals surface area contributed by atoms with Gasteiger partial charge in [0, 0.05) is 51.4 Å². The van der Waals surface area contributed by atoms with Crippen LogP contribution in [0.25, 0.3) is 0 Å². The molecule has 1 fully saturated rings. The molecular formula is C37H52N8O7S. The number of aromatic nitrogens is 1. The molecule has 0 unspecified atom stereocenters. The molecular weight excluding hydrogens is 701 g/mol. The Morgan fingerprint density at radius 3 is 2.34 bits per heavy atom. The average molecular weight is 753 g/mol. The van der Waals surface area contributed by atoms with E-state index >= 15 is 0 Å². The van der Waals surface area contributed by atoms with Crippen LogP contribution in [0, 0.1) is 5.92 Å². The van der Waals surface area contributed by atoms with Crippen LogP contribution >= 0.6 is 11.3 Å². The summed E-state index contributed by atoms with van der Waals surface area (Å²) in [5, 5.41) is 13.0. The van der Waals surface area contributed by atoms with E-state index in [1.807, 2.05) is 30.3 Å². The Labute approximate surface area is 314 Å². The highest BCUT2D eigenvalue weighted by Gasteiger charge is 2.31. The molecule has 15 nitrogen and oxygen atoms in total. The minimum Gasteiger partial charge on any atom is -0.345 e. The minimum atomic E-state index is -1.02. The van der Waals surface area contributed by atoms with Gasteiger partial charge in [0.25, 0.3) is 5.91 Å². The van der Waals surface area contributed by atoms with Gasteiger partial charge in [-0.15, -0.1) is 11.3 Å². The number of hydrogen-bond donors (Lipinski definition) is 4. The number of rotatable bonds is 7. The monoisotopic (exact) mass is 752 g/mol. The summed E-state index contributed by atoms with van der Waals surface area (Å²) in [5.74, 6) is -3.23. The molecule has 4 atom stereocenters. The molecule has 0 aliphatic carbocycles. The van der Waals surface area contributed by atoms with Gasteiger partial charge in [-0.3, -0.25) is 33.6 Å². The predicted octanol–water partition coefficient (Wildman–Crippen LogP) is 1.40. The summed E-state index contributed by atoms with van der Waals surface area (Å²) >= 11 is 1.18. The van der Waals surface area contributed by atoms with Gasteiger partial charge in [-0.25, -0.2) is 4.98 Å². The zero-order chi connectivity index (χ0) is 38.7. The standard InChI is InChI=1S/C37H52N8O7S/c1-23(2)32-35(51)39-25(4)37(52)43(5)18-19-45(31(48)15-11-17-44-16-10-9-14-30(44)47)21-29(46)40-27(20-26-12-7-6-8-13-26)36-41-28(22-53-36)34(50)38-24(3)33(49)42-32/h6-8,12-13,22-25,27,32H,9-11,14-21H2,1-5H3,(H,38,50)(H,39,51)(H,40,46)(H,42,49)/t24-,25+,27-,32-/m0/s1. The molecule has 1 aromatic heterocycles. The lowest BCUT2D eigenvalue weighted by molar-refractivity contribution is -0.139. The summed E-state index contributed by atoms with van der Waals surface area (Å²) < 4.78 is 0. The molecule has 53 heavy (non-hydrogen) atoms. The van der Waals surface area contributed by atoms with Crippen LogP contribution in [0.15, 0.2) is 35.7 Å². The number of carbonyl (C=O) groups excluding carboxylic acids is 7. The highest BCUT2D eigenvalue weighted by Crippen LogP contribution is 2.23. The molecule has 0 radical (unpaired) electrons. The largest absolute Gasteiger partial charge is 0.345 e. The number of benzene rings is 1. The highest BCUT2D eigenvalue weighted by molar-refractivity contribution is 7.09. The van der Waals surface area contributed by atoms with Crippen molar-refractivity contribution in [2.45, 2.75) is 90.4 Å². The lowest BCUT2D eigenvalue weighted by Crippen LogP contribution is -2.57. The van der Waals surface area contributed by atoms with E-state index in [4.69, 9.17) is 0 Å². The van der Waals surface area contributed by atoms with Crippen LogP contribution in [-0.4, -0.2) is 119 Å². The number of carbonyl (C=O) groups is 7. The number of likely N-dealkylation sites (N-methyl/N-ethyl adjacent to an activating group) is 1. The average Bonchev–Trinajstić information content (AvgIpc) is 3.63. The molecule has 2 aliphatic rings. The van der Waals surface area contributed by atoms with Gasteiger partial charge in [0.1, 0.15) is 28.8 Å². The molecule has 0 spiro atoms. The van der Waals surface area contributed by atoms with Gasteiger partial charge >= 0.3 is 0 Å². The van der Waals surface area contributed by atoms with Crippen molar-refractivity contribution < 1.29 is 33.6 Å². The lowest BCUT2D eigenvalue weighted by atomic mass is 10.0. The maximum atomic E-state index is 13.7. The third-order valence-corrected chi connectivity index (χ3v) is 10.4. The Bertz CT molecular complexity index is 1630. The first-order chi connectivity index (χ1) is 25.2. The Kier molecular flexibility index (Phi) is 14.9. The summed E-state index contributed by atoms with van der Waals surface area (Å²) in [6.07, 6.45) is 3.16. The molecule has 16 heteroatoms. The number of nitrogens with zero attached hydrogens (tertiary/aromatic N) is 4. The summed E-state index contributed by atoms with van der Waals surface area (Å²) in [6, 6.07) is 5.82. The molecule has 2 aromatic rings. The topological polar surface area (TPSA) is 190 Å². The number of fused-ring (bicyclic) bond motifs is 2. The first kappa shape index (κ1) is 40.9. The van der Waals surface area contributed by atoms with Gasteiger partial charge in [0.05, 0.1) is 12.6 Å². The van der Waals surface area contributed by atoms with Crippen molar-refractivity contribution in [3.05, 3.63) is 52.0 Å². The van der Waals surface area contributed by atoms with Crippen molar-refractivity contribution in [2.75, 3.05) is 39.8 Å². The van der Waals surface area contributed by atoms with Crippen LogP contribution in [0.3, 0.4) is 0 Å². The quantitative estimate of drug-likeness (QED) is 0.327. The summed E-state index contributed by atoms with van der Waals surface area (Å²) in [5.41, 5.74) is 0.965. The molecule has 1 saturated heterocycles. The molecule has 288 valence electrons. The SMILES string of the molecule is CC(C)[C@@H]1NC(=O)[C@H](C)NC(=O)c2csc(n2)[C@H](Cc2ccccc2)NC(=O)CN(C(=O)CCCN2CCCCC2=O)CCN(C)C(=O)[C@@H](C)NC1=O. The fraction of sp³-hybridized carbons (Fsp3) is 0.568. The zero-order valence-electron chi connectivity index (χ0n) is 31.2. The number of piperidine rings is 1. The smallest absolute Gasteiger partial charge is 0.271 e. The van der Waals surface area contributed by atoms with E-state index in [0.29, 0.717) is 37.4 Å². The number of thiazole rings is 1. The number of amides is 7. The molecule has 4 rings (SSSR count). The van der Waals surface area contributed by atoms with Crippen molar-refractivity contribution in [2.24, 2.45) is 5.92 Å². The molecule has 0 saturated carbocycles. The van der Waals surface area contributed by atoms with Crippen LogP contribution in [0.4, 0.5) is 0 Å². The number of hydrogen-bond acceptors (Lipinski definition) is 9. The van der Waals surface area contributed by atoms with Gasteiger partial charge in [-0.05, 0) is 51.0 Å². The first-order valence-corrected chi connectivity index (χ1v) is 19.1. The predicted molar refractivity (Wildman–Crippen MR) is 198 cm³/mol.